The highest BCUT2D eigenvalue weighted by Crippen LogP contribution is 2.32. The molecular weight excluding hydrogens is 310 g/mol. The Labute approximate surface area is 148 Å². The minimum Gasteiger partial charge on any atom is -0.508 e. The number of pyridine rings is 1. The Morgan fingerprint density at radius 1 is 1.04 bits per heavy atom. The molecule has 0 amide bonds. The van der Waals surface area contributed by atoms with Crippen LogP contribution in [0, 0.1) is 13.8 Å². The van der Waals surface area contributed by atoms with Crippen LogP contribution < -0.4 is 0 Å². The summed E-state index contributed by atoms with van der Waals surface area (Å²) in [5, 5.41) is 9.58. The molecule has 0 fully saturated rings. The largest absolute Gasteiger partial charge is 0.508 e. The quantitative estimate of drug-likeness (QED) is 0.683. The fraction of sp³-hybridized carbons (Fsp3) is 0.182. The molecule has 0 aliphatic heterocycles. The fourth-order valence-corrected chi connectivity index (χ4v) is 3.11. The van der Waals surface area contributed by atoms with Crippen molar-refractivity contribution in [3.8, 4) is 5.75 Å². The van der Waals surface area contributed by atoms with Crippen molar-refractivity contribution in [2.75, 3.05) is 0 Å². The predicted molar refractivity (Wildman–Crippen MR) is 99.1 cm³/mol. The molecule has 1 N–H and O–H groups in total. The van der Waals surface area contributed by atoms with Crippen LogP contribution in [0.5, 0.6) is 5.75 Å². The van der Waals surface area contributed by atoms with Crippen molar-refractivity contribution in [1.82, 2.24) is 4.98 Å². The molecule has 3 rings (SSSR count). The molecule has 1 aromatic heterocycles. The van der Waals surface area contributed by atoms with Crippen LogP contribution in [-0.2, 0) is 0 Å². The standard InChI is InChI=1S/C22H21NO2/c1-15-5-3-4-6-20(15)21(17-7-9-19(24)10-8-17)14-22(25)18-11-12-23-16(2)13-18/h3-13,21,24H,14H2,1-2H3. The maximum absolute atomic E-state index is 12.9. The lowest BCUT2D eigenvalue weighted by Gasteiger charge is -2.20. The predicted octanol–water partition coefficient (Wildman–Crippen LogP) is 4.81. The highest BCUT2D eigenvalue weighted by molar-refractivity contribution is 5.96. The van der Waals surface area contributed by atoms with E-state index in [1.54, 1.807) is 24.4 Å². The average molecular weight is 331 g/mol. The Bertz CT molecular complexity index is 885. The van der Waals surface area contributed by atoms with Gasteiger partial charge in [0.25, 0.3) is 0 Å². The molecule has 3 nitrogen and oxygen atoms in total. The van der Waals surface area contributed by atoms with Gasteiger partial charge in [0.2, 0.25) is 0 Å². The number of phenols is 1. The molecule has 0 aliphatic rings. The van der Waals surface area contributed by atoms with Gasteiger partial charge < -0.3 is 5.11 Å². The molecule has 0 spiro atoms. The summed E-state index contributed by atoms with van der Waals surface area (Å²) in [6, 6.07) is 18.8. The number of aromatic hydroxyl groups is 1. The van der Waals surface area contributed by atoms with Crippen molar-refractivity contribution in [1.29, 1.82) is 0 Å². The zero-order valence-electron chi connectivity index (χ0n) is 14.4. The number of phenolic OH excluding ortho intramolecular Hbond substituents is 1. The van der Waals surface area contributed by atoms with Crippen LogP contribution in [0.1, 0.15) is 45.1 Å². The van der Waals surface area contributed by atoms with Crippen molar-refractivity contribution in [3.63, 3.8) is 0 Å². The summed E-state index contributed by atoms with van der Waals surface area (Å²) in [5.74, 6) is 0.262. The number of hydrogen-bond donors (Lipinski definition) is 1. The van der Waals surface area contributed by atoms with Gasteiger partial charge in [-0.25, -0.2) is 0 Å². The first kappa shape index (κ1) is 16.9. The van der Waals surface area contributed by atoms with Crippen molar-refractivity contribution in [2.24, 2.45) is 0 Å². The van der Waals surface area contributed by atoms with Crippen LogP contribution in [0.25, 0.3) is 0 Å². The molecule has 0 bridgehead atoms. The van der Waals surface area contributed by atoms with E-state index in [4.69, 9.17) is 0 Å². The zero-order valence-corrected chi connectivity index (χ0v) is 14.4. The molecule has 1 unspecified atom stereocenters. The number of nitrogens with zero attached hydrogens (tertiary/aromatic N) is 1. The Hall–Kier alpha value is -2.94. The summed E-state index contributed by atoms with van der Waals surface area (Å²) in [6.07, 6.45) is 2.05. The first-order valence-corrected chi connectivity index (χ1v) is 8.35. The molecule has 126 valence electrons. The van der Waals surface area contributed by atoms with E-state index in [9.17, 15) is 9.90 Å². The minimum absolute atomic E-state index is 0.0530. The number of benzene rings is 2. The van der Waals surface area contributed by atoms with Crippen LogP contribution in [-0.4, -0.2) is 15.9 Å². The fourth-order valence-electron chi connectivity index (χ4n) is 3.11. The Morgan fingerprint density at radius 2 is 1.76 bits per heavy atom. The second-order valence-electron chi connectivity index (χ2n) is 6.31. The van der Waals surface area contributed by atoms with Crippen LogP contribution in [0.15, 0.2) is 66.9 Å². The van der Waals surface area contributed by atoms with Crippen molar-refractivity contribution < 1.29 is 9.90 Å². The monoisotopic (exact) mass is 331 g/mol. The maximum Gasteiger partial charge on any atom is 0.163 e. The number of Topliss-reactive ketones (excluding diaryl/α,β-unsaturated/α-hetero) is 1. The summed E-state index contributed by atoms with van der Waals surface area (Å²) < 4.78 is 0. The van der Waals surface area contributed by atoms with Crippen LogP contribution >= 0.6 is 0 Å². The first-order chi connectivity index (χ1) is 12.0. The third-order valence-electron chi connectivity index (χ3n) is 4.47. The Kier molecular flexibility index (Phi) is 4.94. The smallest absolute Gasteiger partial charge is 0.163 e. The van der Waals surface area contributed by atoms with Crippen molar-refractivity contribution >= 4 is 5.78 Å². The van der Waals surface area contributed by atoms with Gasteiger partial charge in [0, 0.05) is 29.8 Å². The summed E-state index contributed by atoms with van der Waals surface area (Å²) in [6.45, 7) is 3.94. The van der Waals surface area contributed by atoms with Gasteiger partial charge in [-0.1, -0.05) is 36.4 Å². The minimum atomic E-state index is -0.0530. The first-order valence-electron chi connectivity index (χ1n) is 8.35. The molecule has 3 aromatic rings. The van der Waals surface area contributed by atoms with Gasteiger partial charge in [-0.15, -0.1) is 0 Å². The highest BCUT2D eigenvalue weighted by Gasteiger charge is 2.21. The van der Waals surface area contributed by atoms with E-state index in [-0.39, 0.29) is 17.5 Å². The number of hydrogen-bond acceptors (Lipinski definition) is 3. The van der Waals surface area contributed by atoms with E-state index in [0.29, 0.717) is 12.0 Å². The van der Waals surface area contributed by atoms with Crippen molar-refractivity contribution in [3.05, 3.63) is 94.8 Å². The SMILES string of the molecule is Cc1cc(C(=O)CC(c2ccc(O)cc2)c2ccccc2C)ccn1. The third-order valence-corrected chi connectivity index (χ3v) is 4.47. The second-order valence-corrected chi connectivity index (χ2v) is 6.31. The molecule has 0 saturated carbocycles. The topological polar surface area (TPSA) is 50.2 Å². The van der Waals surface area contributed by atoms with Gasteiger partial charge in [-0.3, -0.25) is 9.78 Å². The van der Waals surface area contributed by atoms with Crippen molar-refractivity contribution in [2.45, 2.75) is 26.2 Å². The Morgan fingerprint density at radius 3 is 2.44 bits per heavy atom. The van der Waals surface area contributed by atoms with Gasteiger partial charge in [0.1, 0.15) is 5.75 Å². The van der Waals surface area contributed by atoms with E-state index in [0.717, 1.165) is 22.4 Å². The lowest BCUT2D eigenvalue weighted by Crippen LogP contribution is -2.10. The second kappa shape index (κ2) is 7.31. The van der Waals surface area contributed by atoms with E-state index < -0.39 is 0 Å². The Balaban J connectivity index is 1.98. The van der Waals surface area contributed by atoms with Crippen LogP contribution in [0.3, 0.4) is 0 Å². The van der Waals surface area contributed by atoms with Crippen LogP contribution in [0.2, 0.25) is 0 Å². The van der Waals surface area contributed by atoms with E-state index in [1.165, 1.54) is 0 Å². The molecule has 1 heterocycles. The molecule has 0 radical (unpaired) electrons. The van der Waals surface area contributed by atoms with Gasteiger partial charge in [0.15, 0.2) is 5.78 Å². The van der Waals surface area contributed by atoms with Gasteiger partial charge >= 0.3 is 0 Å². The lowest BCUT2D eigenvalue weighted by atomic mass is 9.84. The lowest BCUT2D eigenvalue weighted by molar-refractivity contribution is 0.0977. The maximum atomic E-state index is 12.9. The molecule has 2 aromatic carbocycles. The summed E-state index contributed by atoms with van der Waals surface area (Å²) in [7, 11) is 0. The molecule has 25 heavy (non-hydrogen) atoms. The number of carbonyl (C=O) groups excluding carboxylic acids is 1. The molecule has 0 saturated heterocycles. The van der Waals surface area contributed by atoms with Gasteiger partial charge in [-0.2, -0.15) is 0 Å². The summed E-state index contributed by atoms with van der Waals surface area (Å²) >= 11 is 0. The van der Waals surface area contributed by atoms with Crippen LogP contribution in [0.4, 0.5) is 0 Å². The number of carbonyl (C=O) groups is 1. The number of rotatable bonds is 5. The third kappa shape index (κ3) is 3.94. The normalized spacial score (nSPS) is 11.9. The van der Waals surface area contributed by atoms with Gasteiger partial charge in [0.05, 0.1) is 0 Å². The molecule has 1 atom stereocenters. The zero-order chi connectivity index (χ0) is 17.8. The van der Waals surface area contributed by atoms with E-state index >= 15 is 0 Å². The summed E-state index contributed by atoms with van der Waals surface area (Å²) in [4.78, 5) is 17.0. The highest BCUT2D eigenvalue weighted by atomic mass is 16.3. The van der Waals surface area contributed by atoms with E-state index in [2.05, 4.69) is 24.0 Å². The number of aromatic nitrogens is 1. The van der Waals surface area contributed by atoms with Gasteiger partial charge in [-0.05, 0) is 54.8 Å². The average Bonchev–Trinajstić information content (AvgIpc) is 2.61. The molecule has 0 aliphatic carbocycles. The number of aryl methyl sites for hydroxylation is 2. The summed E-state index contributed by atoms with van der Waals surface area (Å²) in [5.41, 5.74) is 4.82. The molecular formula is C22H21NO2. The molecule has 3 heteroatoms. The van der Waals surface area contributed by atoms with E-state index in [1.807, 2.05) is 37.3 Å². The number of ketones is 1.